The normalized spacial score (nSPS) is 27.1. The van der Waals surface area contributed by atoms with Crippen molar-refractivity contribution in [1.29, 1.82) is 0 Å². The highest BCUT2D eigenvalue weighted by Crippen LogP contribution is 2.15. The van der Waals surface area contributed by atoms with E-state index in [0.29, 0.717) is 0 Å². The van der Waals surface area contributed by atoms with E-state index in [1.807, 2.05) is 6.92 Å². The molecule has 0 radical (unpaired) electrons. The summed E-state index contributed by atoms with van der Waals surface area (Å²) in [6.07, 6.45) is 0.836. The lowest BCUT2D eigenvalue weighted by Crippen LogP contribution is -2.07. The first-order valence-electron chi connectivity index (χ1n) is 2.56. The summed E-state index contributed by atoms with van der Waals surface area (Å²) in [4.78, 5) is 14.6. The predicted molar refractivity (Wildman–Crippen MR) is 35.2 cm³/mol. The van der Waals surface area contributed by atoms with E-state index in [9.17, 15) is 4.79 Å². The molecule has 0 fully saturated rings. The smallest absolute Gasteiger partial charge is 0.219 e. The number of nitrogens with zero attached hydrogens (tertiary/aromatic N) is 1. The average Bonchev–Trinajstić information content (AvgIpc) is 2.14. The minimum atomic E-state index is -0.0417. The summed E-state index contributed by atoms with van der Waals surface area (Å²) in [5.41, 5.74) is 1.62. The third-order valence-electron chi connectivity index (χ3n) is 1.07. The standard InChI is InChI=1S/C5H7NOS/c1-2-4-5(7)8-3-6-4/h3-4H,2H2,1H3. The Morgan fingerprint density at radius 2 is 2.75 bits per heavy atom. The van der Waals surface area contributed by atoms with Gasteiger partial charge in [-0.1, -0.05) is 6.92 Å². The molecule has 0 saturated heterocycles. The maximum absolute atomic E-state index is 10.6. The predicted octanol–water partition coefficient (Wildman–Crippen LogP) is 1.07. The molecule has 0 N–H and O–H groups in total. The molecule has 8 heavy (non-hydrogen) atoms. The number of hydrogen-bond acceptors (Lipinski definition) is 3. The maximum Gasteiger partial charge on any atom is 0.219 e. The Hall–Kier alpha value is -0.310. The number of rotatable bonds is 1. The first-order valence-corrected chi connectivity index (χ1v) is 3.44. The molecule has 0 aromatic carbocycles. The molecule has 0 aromatic heterocycles. The van der Waals surface area contributed by atoms with E-state index in [1.54, 1.807) is 5.55 Å². The number of carbonyl (C=O) groups excluding carboxylic acids is 1. The lowest BCUT2D eigenvalue weighted by atomic mass is 10.3. The maximum atomic E-state index is 10.6. The van der Waals surface area contributed by atoms with Gasteiger partial charge in [0.15, 0.2) is 0 Å². The van der Waals surface area contributed by atoms with Crippen molar-refractivity contribution in [2.45, 2.75) is 19.4 Å². The molecule has 44 valence electrons. The lowest BCUT2D eigenvalue weighted by molar-refractivity contribution is -0.111. The van der Waals surface area contributed by atoms with Gasteiger partial charge in [-0.05, 0) is 18.2 Å². The molecule has 0 spiro atoms. The second-order valence-electron chi connectivity index (χ2n) is 1.62. The fourth-order valence-corrected chi connectivity index (χ4v) is 1.26. The molecule has 0 saturated carbocycles. The van der Waals surface area contributed by atoms with E-state index < -0.39 is 0 Å². The van der Waals surface area contributed by atoms with Crippen molar-refractivity contribution in [3.05, 3.63) is 0 Å². The highest BCUT2D eigenvalue weighted by Gasteiger charge is 2.18. The summed E-state index contributed by atoms with van der Waals surface area (Å²) in [6.45, 7) is 1.96. The number of thioether (sulfide) groups is 1. The molecule has 1 heterocycles. The lowest BCUT2D eigenvalue weighted by Gasteiger charge is -1.94. The average molecular weight is 129 g/mol. The van der Waals surface area contributed by atoms with Crippen LogP contribution in [0.3, 0.4) is 0 Å². The Morgan fingerprint density at radius 1 is 2.00 bits per heavy atom. The second-order valence-corrected chi connectivity index (χ2v) is 2.46. The van der Waals surface area contributed by atoms with Crippen LogP contribution in [-0.2, 0) is 4.79 Å². The van der Waals surface area contributed by atoms with Gasteiger partial charge in [0, 0.05) is 0 Å². The minimum Gasteiger partial charge on any atom is -0.284 e. The van der Waals surface area contributed by atoms with Crippen LogP contribution in [0.1, 0.15) is 13.3 Å². The van der Waals surface area contributed by atoms with Crippen molar-refractivity contribution in [3.8, 4) is 0 Å². The van der Waals surface area contributed by atoms with E-state index in [2.05, 4.69) is 4.99 Å². The van der Waals surface area contributed by atoms with Gasteiger partial charge in [-0.25, -0.2) is 0 Å². The Morgan fingerprint density at radius 3 is 3.00 bits per heavy atom. The fourth-order valence-electron chi connectivity index (χ4n) is 0.567. The van der Waals surface area contributed by atoms with Crippen LogP contribution >= 0.6 is 11.8 Å². The van der Waals surface area contributed by atoms with E-state index in [4.69, 9.17) is 0 Å². The van der Waals surface area contributed by atoms with E-state index in [1.165, 1.54) is 11.8 Å². The van der Waals surface area contributed by atoms with Gasteiger partial charge in [-0.3, -0.25) is 9.79 Å². The van der Waals surface area contributed by atoms with Gasteiger partial charge in [0.2, 0.25) is 5.12 Å². The third kappa shape index (κ3) is 0.916. The Balaban J connectivity index is 2.53. The SMILES string of the molecule is CCC1N=CSC1=O. The minimum absolute atomic E-state index is 0.0417. The zero-order chi connectivity index (χ0) is 5.98. The summed E-state index contributed by atoms with van der Waals surface area (Å²) >= 11 is 1.20. The van der Waals surface area contributed by atoms with Crippen LogP contribution in [0.2, 0.25) is 0 Å². The molecule has 1 unspecified atom stereocenters. The first kappa shape index (κ1) is 5.82. The summed E-state index contributed by atoms with van der Waals surface area (Å²) < 4.78 is 0. The van der Waals surface area contributed by atoms with Crippen molar-refractivity contribution in [2.24, 2.45) is 4.99 Å². The van der Waals surface area contributed by atoms with Gasteiger partial charge < -0.3 is 0 Å². The molecule has 1 aliphatic heterocycles. The zero-order valence-electron chi connectivity index (χ0n) is 4.63. The fraction of sp³-hybridized carbons (Fsp3) is 0.600. The monoisotopic (exact) mass is 129 g/mol. The van der Waals surface area contributed by atoms with Crippen LogP contribution in [0.5, 0.6) is 0 Å². The van der Waals surface area contributed by atoms with Crippen LogP contribution < -0.4 is 0 Å². The van der Waals surface area contributed by atoms with E-state index in [-0.39, 0.29) is 11.2 Å². The van der Waals surface area contributed by atoms with E-state index in [0.717, 1.165) is 6.42 Å². The molecule has 0 aromatic rings. The highest BCUT2D eigenvalue weighted by atomic mass is 32.2. The molecule has 1 rings (SSSR count). The van der Waals surface area contributed by atoms with Gasteiger partial charge in [-0.15, -0.1) is 0 Å². The van der Waals surface area contributed by atoms with Gasteiger partial charge in [0.1, 0.15) is 6.04 Å². The zero-order valence-corrected chi connectivity index (χ0v) is 5.44. The second kappa shape index (κ2) is 2.31. The topological polar surface area (TPSA) is 29.4 Å². The van der Waals surface area contributed by atoms with Crippen molar-refractivity contribution >= 4 is 22.4 Å². The molecule has 2 nitrogen and oxygen atoms in total. The molecular formula is C5H7NOS. The largest absolute Gasteiger partial charge is 0.284 e. The van der Waals surface area contributed by atoms with Gasteiger partial charge in [0.05, 0.1) is 5.55 Å². The van der Waals surface area contributed by atoms with E-state index >= 15 is 0 Å². The molecule has 1 aliphatic rings. The quantitative estimate of drug-likeness (QED) is 0.530. The third-order valence-corrected chi connectivity index (χ3v) is 1.80. The highest BCUT2D eigenvalue weighted by molar-refractivity contribution is 8.25. The van der Waals surface area contributed by atoms with Crippen molar-refractivity contribution in [3.63, 3.8) is 0 Å². The molecule has 0 bridgehead atoms. The van der Waals surface area contributed by atoms with Crippen LogP contribution in [0.25, 0.3) is 0 Å². The molecule has 1 atom stereocenters. The number of carbonyl (C=O) groups is 1. The first-order chi connectivity index (χ1) is 3.84. The van der Waals surface area contributed by atoms with Crippen molar-refractivity contribution < 1.29 is 4.79 Å². The molecule has 0 amide bonds. The Kier molecular flexibility index (Phi) is 1.68. The van der Waals surface area contributed by atoms with Crippen molar-refractivity contribution in [1.82, 2.24) is 0 Å². The summed E-state index contributed by atoms with van der Waals surface area (Å²) in [5, 5.41) is 0.188. The number of hydrogen-bond donors (Lipinski definition) is 0. The summed E-state index contributed by atoms with van der Waals surface area (Å²) in [5.74, 6) is 0. The summed E-state index contributed by atoms with van der Waals surface area (Å²) in [6, 6.07) is -0.0417. The molecule has 0 aliphatic carbocycles. The Labute approximate surface area is 52.4 Å². The van der Waals surface area contributed by atoms with Crippen LogP contribution in [0, 0.1) is 0 Å². The van der Waals surface area contributed by atoms with Crippen LogP contribution in [0.15, 0.2) is 4.99 Å². The molecule has 3 heteroatoms. The number of aliphatic imine (C=N–C) groups is 1. The van der Waals surface area contributed by atoms with Crippen LogP contribution in [0.4, 0.5) is 0 Å². The van der Waals surface area contributed by atoms with Gasteiger partial charge in [-0.2, -0.15) is 0 Å². The Bertz CT molecular complexity index is 132. The van der Waals surface area contributed by atoms with Crippen molar-refractivity contribution in [2.75, 3.05) is 0 Å². The van der Waals surface area contributed by atoms with Gasteiger partial charge in [0.25, 0.3) is 0 Å². The van der Waals surface area contributed by atoms with Crippen LogP contribution in [-0.4, -0.2) is 16.7 Å². The van der Waals surface area contributed by atoms with Gasteiger partial charge >= 0.3 is 0 Å². The summed E-state index contributed by atoms with van der Waals surface area (Å²) in [7, 11) is 0. The molecular weight excluding hydrogens is 122 g/mol.